The van der Waals surface area contributed by atoms with Gasteiger partial charge in [-0.05, 0) is 35.9 Å². The van der Waals surface area contributed by atoms with Gasteiger partial charge in [0.15, 0.2) is 11.6 Å². The first-order valence-electron chi connectivity index (χ1n) is 7.52. The lowest BCUT2D eigenvalue weighted by Crippen LogP contribution is -2.32. The SMILES string of the molecule is CCC(=O)[C@@H](NCC(=O)c1cc(Cl)cc(Cl)c1)c1ccc(Cl)c(Cl)c1. The van der Waals surface area contributed by atoms with Crippen LogP contribution in [-0.2, 0) is 4.79 Å². The first-order chi connectivity index (χ1) is 11.8. The summed E-state index contributed by atoms with van der Waals surface area (Å²) < 4.78 is 0. The van der Waals surface area contributed by atoms with Crippen LogP contribution in [0.15, 0.2) is 36.4 Å². The van der Waals surface area contributed by atoms with Gasteiger partial charge in [0.05, 0.1) is 22.6 Å². The Morgan fingerprint density at radius 1 is 0.960 bits per heavy atom. The van der Waals surface area contributed by atoms with Crippen LogP contribution in [0, 0.1) is 0 Å². The standard InChI is InChI=1S/C18H15Cl4NO2/c1-2-16(24)18(10-3-4-14(21)15(22)7-10)23-9-17(25)11-5-12(19)8-13(20)6-11/h3-8,18,23H,2,9H2,1H3/t18-/m0/s1. The van der Waals surface area contributed by atoms with E-state index < -0.39 is 6.04 Å². The first kappa shape index (κ1) is 20.2. The minimum Gasteiger partial charge on any atom is -0.298 e. The quantitative estimate of drug-likeness (QED) is 0.578. The highest BCUT2D eigenvalue weighted by molar-refractivity contribution is 6.42. The number of carbonyl (C=O) groups excluding carboxylic acids is 2. The van der Waals surface area contributed by atoms with E-state index in [-0.39, 0.29) is 18.1 Å². The van der Waals surface area contributed by atoms with E-state index in [4.69, 9.17) is 46.4 Å². The van der Waals surface area contributed by atoms with Crippen molar-refractivity contribution >= 4 is 58.0 Å². The van der Waals surface area contributed by atoms with Crippen molar-refractivity contribution in [2.75, 3.05) is 6.54 Å². The Morgan fingerprint density at radius 2 is 1.60 bits per heavy atom. The molecule has 7 heteroatoms. The molecule has 2 aromatic carbocycles. The molecular formula is C18H15Cl4NO2. The molecule has 0 heterocycles. The predicted molar refractivity (Wildman–Crippen MR) is 103 cm³/mol. The number of benzene rings is 2. The Kier molecular flexibility index (Phi) is 7.29. The fraction of sp³-hybridized carbons (Fsp3) is 0.222. The van der Waals surface area contributed by atoms with Crippen molar-refractivity contribution in [2.45, 2.75) is 19.4 Å². The number of hydrogen-bond donors (Lipinski definition) is 1. The van der Waals surface area contributed by atoms with E-state index in [1.54, 1.807) is 31.2 Å². The molecule has 2 rings (SSSR count). The maximum absolute atomic E-state index is 12.4. The topological polar surface area (TPSA) is 46.2 Å². The third-order valence-corrected chi connectivity index (χ3v) is 4.77. The summed E-state index contributed by atoms with van der Waals surface area (Å²) in [6.07, 6.45) is 0.315. The second-order valence-electron chi connectivity index (χ2n) is 5.39. The average molecular weight is 419 g/mol. The lowest BCUT2D eigenvalue weighted by molar-refractivity contribution is -0.120. The Balaban J connectivity index is 2.18. The van der Waals surface area contributed by atoms with Gasteiger partial charge in [-0.3, -0.25) is 14.9 Å². The zero-order valence-electron chi connectivity index (χ0n) is 13.3. The molecule has 0 fully saturated rings. The van der Waals surface area contributed by atoms with Crippen LogP contribution in [0.25, 0.3) is 0 Å². The van der Waals surface area contributed by atoms with Gasteiger partial charge in [-0.1, -0.05) is 59.4 Å². The molecule has 1 atom stereocenters. The van der Waals surface area contributed by atoms with Crippen LogP contribution < -0.4 is 5.32 Å². The Hall–Kier alpha value is -1.10. The molecule has 0 aliphatic rings. The number of carbonyl (C=O) groups is 2. The van der Waals surface area contributed by atoms with Crippen molar-refractivity contribution in [3.8, 4) is 0 Å². The molecule has 0 saturated heterocycles. The summed E-state index contributed by atoms with van der Waals surface area (Å²) in [7, 11) is 0. The lowest BCUT2D eigenvalue weighted by Gasteiger charge is -2.18. The van der Waals surface area contributed by atoms with E-state index in [1.807, 2.05) is 0 Å². The zero-order valence-corrected chi connectivity index (χ0v) is 16.3. The normalized spacial score (nSPS) is 12.0. The molecule has 0 unspecified atom stereocenters. The van der Waals surface area contributed by atoms with Crippen LogP contribution in [0.3, 0.4) is 0 Å². The fourth-order valence-corrected chi connectivity index (χ4v) is 3.16. The van der Waals surface area contributed by atoms with Crippen molar-refractivity contribution in [3.63, 3.8) is 0 Å². The summed E-state index contributed by atoms with van der Waals surface area (Å²) >= 11 is 23.8. The van der Waals surface area contributed by atoms with Gasteiger partial charge in [0.2, 0.25) is 0 Å². The average Bonchev–Trinajstić information content (AvgIpc) is 2.56. The number of nitrogens with one attached hydrogen (secondary N) is 1. The van der Waals surface area contributed by atoms with Crippen molar-refractivity contribution in [3.05, 3.63) is 67.6 Å². The number of hydrogen-bond acceptors (Lipinski definition) is 3. The molecule has 132 valence electrons. The minimum atomic E-state index is -0.654. The van der Waals surface area contributed by atoms with Gasteiger partial charge in [0, 0.05) is 22.0 Å². The van der Waals surface area contributed by atoms with E-state index in [2.05, 4.69) is 5.32 Å². The van der Waals surface area contributed by atoms with Crippen molar-refractivity contribution in [2.24, 2.45) is 0 Å². The maximum atomic E-state index is 12.4. The molecule has 0 spiro atoms. The van der Waals surface area contributed by atoms with Gasteiger partial charge in [0.1, 0.15) is 0 Å². The first-order valence-corrected chi connectivity index (χ1v) is 9.03. The second-order valence-corrected chi connectivity index (χ2v) is 7.08. The lowest BCUT2D eigenvalue weighted by atomic mass is 10.0. The monoisotopic (exact) mass is 417 g/mol. The summed E-state index contributed by atoms with van der Waals surface area (Å²) in [6, 6.07) is 8.91. The van der Waals surface area contributed by atoms with Gasteiger partial charge < -0.3 is 0 Å². The minimum absolute atomic E-state index is 0.0483. The summed E-state index contributed by atoms with van der Waals surface area (Å²) in [5.74, 6) is -0.284. The summed E-state index contributed by atoms with van der Waals surface area (Å²) in [5.41, 5.74) is 1.03. The molecule has 0 saturated carbocycles. The van der Waals surface area contributed by atoms with Crippen LogP contribution in [0.1, 0.15) is 35.3 Å². The molecule has 1 N–H and O–H groups in total. The summed E-state index contributed by atoms with van der Waals surface area (Å²) in [5, 5.41) is 4.49. The third-order valence-electron chi connectivity index (χ3n) is 3.60. The Bertz CT molecular complexity index is 787. The fourth-order valence-electron chi connectivity index (χ4n) is 2.33. The van der Waals surface area contributed by atoms with Gasteiger partial charge in [0.25, 0.3) is 0 Å². The van der Waals surface area contributed by atoms with E-state index in [0.29, 0.717) is 37.6 Å². The van der Waals surface area contributed by atoms with Crippen LogP contribution in [-0.4, -0.2) is 18.1 Å². The molecule has 0 bridgehead atoms. The van der Waals surface area contributed by atoms with Crippen LogP contribution in [0.5, 0.6) is 0 Å². The van der Waals surface area contributed by atoms with Crippen molar-refractivity contribution in [1.82, 2.24) is 5.32 Å². The number of Topliss-reactive ketones (excluding diaryl/α,β-unsaturated/α-hetero) is 2. The highest BCUT2D eigenvalue weighted by Crippen LogP contribution is 2.26. The molecule has 3 nitrogen and oxygen atoms in total. The highest BCUT2D eigenvalue weighted by Gasteiger charge is 2.21. The van der Waals surface area contributed by atoms with E-state index in [1.165, 1.54) is 12.1 Å². The van der Waals surface area contributed by atoms with Crippen LogP contribution in [0.2, 0.25) is 20.1 Å². The number of ketones is 2. The molecule has 0 radical (unpaired) electrons. The van der Waals surface area contributed by atoms with Gasteiger partial charge in [-0.15, -0.1) is 0 Å². The van der Waals surface area contributed by atoms with Gasteiger partial charge in [-0.2, -0.15) is 0 Å². The molecule has 25 heavy (non-hydrogen) atoms. The molecule has 2 aromatic rings. The van der Waals surface area contributed by atoms with Crippen molar-refractivity contribution < 1.29 is 9.59 Å². The molecule has 0 aliphatic carbocycles. The molecule has 0 amide bonds. The van der Waals surface area contributed by atoms with Gasteiger partial charge in [-0.25, -0.2) is 0 Å². The number of halogens is 4. The Labute approximate surface area is 166 Å². The third kappa shape index (κ3) is 5.44. The molecule has 0 aliphatic heterocycles. The Morgan fingerprint density at radius 3 is 2.16 bits per heavy atom. The van der Waals surface area contributed by atoms with E-state index in [9.17, 15) is 9.59 Å². The maximum Gasteiger partial charge on any atom is 0.176 e. The largest absolute Gasteiger partial charge is 0.298 e. The van der Waals surface area contributed by atoms with Crippen LogP contribution >= 0.6 is 46.4 Å². The molecular weight excluding hydrogens is 404 g/mol. The van der Waals surface area contributed by atoms with Gasteiger partial charge >= 0.3 is 0 Å². The molecule has 0 aromatic heterocycles. The zero-order chi connectivity index (χ0) is 18.6. The summed E-state index contributed by atoms with van der Waals surface area (Å²) in [4.78, 5) is 24.7. The van der Waals surface area contributed by atoms with Crippen molar-refractivity contribution in [1.29, 1.82) is 0 Å². The second kappa shape index (κ2) is 9.02. The van der Waals surface area contributed by atoms with E-state index >= 15 is 0 Å². The number of rotatable bonds is 7. The van der Waals surface area contributed by atoms with E-state index in [0.717, 1.165) is 0 Å². The summed E-state index contributed by atoms with van der Waals surface area (Å²) in [6.45, 7) is 1.71. The predicted octanol–water partition coefficient (Wildman–Crippen LogP) is 5.79. The highest BCUT2D eigenvalue weighted by atomic mass is 35.5. The smallest absolute Gasteiger partial charge is 0.176 e. The van der Waals surface area contributed by atoms with Crippen LogP contribution in [0.4, 0.5) is 0 Å².